The van der Waals surface area contributed by atoms with E-state index in [9.17, 15) is 5.11 Å². The third-order valence-electron chi connectivity index (χ3n) is 4.11. The maximum Gasteiger partial charge on any atom is 0.0945 e. The van der Waals surface area contributed by atoms with Crippen molar-refractivity contribution in [3.8, 4) is 0 Å². The lowest BCUT2D eigenvalue weighted by Gasteiger charge is -2.58. The lowest BCUT2D eigenvalue weighted by molar-refractivity contribution is -0.101. The van der Waals surface area contributed by atoms with Crippen LogP contribution in [0, 0.1) is 5.92 Å². The quantitative estimate of drug-likeness (QED) is 0.478. The molecule has 0 aliphatic heterocycles. The average Bonchev–Trinajstić information content (AvgIpc) is 2.15. The molecule has 0 aromatic rings. The fourth-order valence-corrected chi connectivity index (χ4v) is 3.01. The van der Waals surface area contributed by atoms with Gasteiger partial charge in [0.2, 0.25) is 0 Å². The van der Waals surface area contributed by atoms with E-state index < -0.39 is 5.60 Å². The first-order valence-corrected chi connectivity index (χ1v) is 5.00. The zero-order valence-corrected chi connectivity index (χ0v) is 7.87. The van der Waals surface area contributed by atoms with Crippen molar-refractivity contribution in [2.45, 2.75) is 42.6 Å². The lowest BCUT2D eigenvalue weighted by atomic mass is 9.44. The van der Waals surface area contributed by atoms with Crippen LogP contribution in [0.3, 0.4) is 0 Å². The summed E-state index contributed by atoms with van der Waals surface area (Å²) in [6, 6.07) is -0.350. The molecule has 0 spiro atoms. The molecule has 0 amide bonds. The monoisotopic (exact) mass is 180 g/mol. The molecular formula is C9H17BN2O. The van der Waals surface area contributed by atoms with Crippen LogP contribution in [0.1, 0.15) is 25.7 Å². The number of fused-ring (bicyclic) bond motifs is 3. The van der Waals surface area contributed by atoms with Gasteiger partial charge in [-0.25, -0.2) is 0 Å². The third kappa shape index (κ3) is 1.09. The second kappa shape index (κ2) is 2.72. The number of hydrogen-bond acceptors (Lipinski definition) is 3. The molecule has 1 unspecified atom stereocenters. The molecule has 2 atom stereocenters. The maximum atomic E-state index is 10.3. The molecular weight excluding hydrogens is 163 g/mol. The highest BCUT2D eigenvalue weighted by atomic mass is 16.3. The molecule has 72 valence electrons. The molecule has 3 aliphatic rings. The van der Waals surface area contributed by atoms with Crippen LogP contribution in [0.25, 0.3) is 0 Å². The van der Waals surface area contributed by atoms with Crippen LogP contribution in [-0.2, 0) is 0 Å². The summed E-state index contributed by atoms with van der Waals surface area (Å²) in [7, 11) is 6.15. The number of nitrogens with two attached hydrogens (primary N) is 2. The minimum Gasteiger partial charge on any atom is -0.387 e. The standard InChI is InChI=1S/C9H17BN2O/c10-8-3-1-6(2-4-8)9(13,5-11)7(8)12/h6-7,13H,1-5,11-12H2/t6?,7?,8?,9-/m0/s1. The zero-order chi connectivity index (χ0) is 9.69. The van der Waals surface area contributed by atoms with Crippen LogP contribution in [0.4, 0.5) is 0 Å². The van der Waals surface area contributed by atoms with Gasteiger partial charge in [0.05, 0.1) is 13.4 Å². The van der Waals surface area contributed by atoms with Gasteiger partial charge < -0.3 is 16.6 Å². The Kier molecular flexibility index (Phi) is 1.99. The summed E-state index contributed by atoms with van der Waals surface area (Å²) >= 11 is 0. The molecule has 2 radical (unpaired) electrons. The number of hydrogen-bond donors (Lipinski definition) is 3. The first kappa shape index (κ1) is 9.50. The van der Waals surface area contributed by atoms with Gasteiger partial charge in [0.15, 0.2) is 0 Å². The Hall–Kier alpha value is -0.0551. The second-order valence-electron chi connectivity index (χ2n) is 4.68. The Labute approximate surface area is 80.3 Å². The number of rotatable bonds is 1. The van der Waals surface area contributed by atoms with Crippen molar-refractivity contribution in [3.63, 3.8) is 0 Å². The third-order valence-corrected chi connectivity index (χ3v) is 4.11. The fourth-order valence-electron chi connectivity index (χ4n) is 3.01. The van der Waals surface area contributed by atoms with Gasteiger partial charge in [0.1, 0.15) is 0 Å². The SMILES string of the molecule is [B]C12CCC(CC1)[C@@](O)(CN)C2N. The van der Waals surface area contributed by atoms with Crippen LogP contribution in [0.5, 0.6) is 0 Å². The molecule has 2 bridgehead atoms. The molecule has 3 rings (SSSR count). The van der Waals surface area contributed by atoms with Gasteiger partial charge in [-0.1, -0.05) is 12.8 Å². The van der Waals surface area contributed by atoms with Crippen LogP contribution in [0.15, 0.2) is 0 Å². The summed E-state index contributed by atoms with van der Waals surface area (Å²) < 4.78 is 0. The molecule has 0 saturated heterocycles. The smallest absolute Gasteiger partial charge is 0.0945 e. The molecule has 3 saturated carbocycles. The summed E-state index contributed by atoms with van der Waals surface area (Å²) in [4.78, 5) is 0. The Morgan fingerprint density at radius 1 is 1.38 bits per heavy atom. The van der Waals surface area contributed by atoms with Crippen molar-refractivity contribution in [2.24, 2.45) is 17.4 Å². The van der Waals surface area contributed by atoms with Gasteiger partial charge >= 0.3 is 0 Å². The molecule has 0 aromatic carbocycles. The Balaban J connectivity index is 2.32. The topological polar surface area (TPSA) is 72.3 Å². The van der Waals surface area contributed by atoms with E-state index in [1.54, 1.807) is 0 Å². The lowest BCUT2D eigenvalue weighted by Crippen LogP contribution is -2.67. The van der Waals surface area contributed by atoms with E-state index in [0.717, 1.165) is 25.7 Å². The van der Waals surface area contributed by atoms with E-state index in [-0.39, 0.29) is 23.8 Å². The summed E-state index contributed by atoms with van der Waals surface area (Å²) in [5.41, 5.74) is 10.7. The van der Waals surface area contributed by atoms with Gasteiger partial charge in [0.25, 0.3) is 0 Å². The molecule has 5 N–H and O–H groups in total. The van der Waals surface area contributed by atoms with Gasteiger partial charge in [-0.2, -0.15) is 0 Å². The maximum absolute atomic E-state index is 10.3. The second-order valence-corrected chi connectivity index (χ2v) is 4.68. The first-order valence-electron chi connectivity index (χ1n) is 5.00. The Bertz CT molecular complexity index is 216. The van der Waals surface area contributed by atoms with E-state index in [0.29, 0.717) is 0 Å². The molecule has 3 nitrogen and oxygen atoms in total. The Morgan fingerprint density at radius 3 is 2.31 bits per heavy atom. The highest BCUT2D eigenvalue weighted by molar-refractivity contribution is 6.16. The minimum atomic E-state index is -0.911. The average molecular weight is 180 g/mol. The molecule has 0 aromatic heterocycles. The van der Waals surface area contributed by atoms with E-state index in [1.807, 2.05) is 0 Å². The fraction of sp³-hybridized carbons (Fsp3) is 1.00. The molecule has 0 heterocycles. The minimum absolute atomic E-state index is 0.234. The van der Waals surface area contributed by atoms with Crippen molar-refractivity contribution >= 4 is 7.85 Å². The van der Waals surface area contributed by atoms with Crippen LogP contribution in [-0.4, -0.2) is 31.1 Å². The predicted octanol–water partition coefficient (Wildman–Crippen LogP) is -0.465. The summed E-state index contributed by atoms with van der Waals surface area (Å²) in [5, 5.41) is 9.90. The first-order chi connectivity index (χ1) is 6.03. The summed E-state index contributed by atoms with van der Waals surface area (Å²) in [6.07, 6.45) is 3.80. The molecule has 3 fully saturated rings. The zero-order valence-electron chi connectivity index (χ0n) is 7.87. The Morgan fingerprint density at radius 2 is 1.92 bits per heavy atom. The van der Waals surface area contributed by atoms with E-state index in [4.69, 9.17) is 19.3 Å². The number of aliphatic hydroxyl groups is 1. The van der Waals surface area contributed by atoms with Crippen LogP contribution in [0.2, 0.25) is 5.31 Å². The molecule has 13 heavy (non-hydrogen) atoms. The van der Waals surface area contributed by atoms with E-state index in [1.165, 1.54) is 0 Å². The van der Waals surface area contributed by atoms with Gasteiger partial charge in [-0.15, -0.1) is 0 Å². The van der Waals surface area contributed by atoms with Gasteiger partial charge in [-0.3, -0.25) is 0 Å². The van der Waals surface area contributed by atoms with E-state index in [2.05, 4.69) is 0 Å². The van der Waals surface area contributed by atoms with Gasteiger partial charge in [0, 0.05) is 12.6 Å². The van der Waals surface area contributed by atoms with Crippen molar-refractivity contribution in [2.75, 3.05) is 6.54 Å². The van der Waals surface area contributed by atoms with Crippen molar-refractivity contribution in [1.82, 2.24) is 0 Å². The highest BCUT2D eigenvalue weighted by Crippen LogP contribution is 2.56. The summed E-state index contributed by atoms with van der Waals surface area (Å²) in [5.74, 6) is 0.262. The predicted molar refractivity (Wildman–Crippen MR) is 52.4 cm³/mol. The normalized spacial score (nSPS) is 55.3. The summed E-state index contributed by atoms with van der Waals surface area (Å²) in [6.45, 7) is 0.234. The van der Waals surface area contributed by atoms with Crippen LogP contribution >= 0.6 is 0 Å². The largest absolute Gasteiger partial charge is 0.387 e. The van der Waals surface area contributed by atoms with Crippen LogP contribution < -0.4 is 11.5 Å². The molecule has 4 heteroatoms. The van der Waals surface area contributed by atoms with Gasteiger partial charge in [-0.05, 0) is 24.1 Å². The van der Waals surface area contributed by atoms with Crippen molar-refractivity contribution in [1.29, 1.82) is 0 Å². The van der Waals surface area contributed by atoms with Crippen molar-refractivity contribution in [3.05, 3.63) is 0 Å². The molecule has 3 aliphatic carbocycles. The van der Waals surface area contributed by atoms with E-state index >= 15 is 0 Å². The van der Waals surface area contributed by atoms with Crippen molar-refractivity contribution < 1.29 is 5.11 Å². The highest BCUT2D eigenvalue weighted by Gasteiger charge is 2.56.